The minimum absolute atomic E-state index is 0.00863. The summed E-state index contributed by atoms with van der Waals surface area (Å²) in [5, 5.41) is 9.80. The number of imidazole rings is 1. The minimum atomic E-state index is -3.93. The summed E-state index contributed by atoms with van der Waals surface area (Å²) in [5.41, 5.74) is 1.91. The minimum Gasteiger partial charge on any atom is -0.488 e. The first-order valence-electron chi connectivity index (χ1n) is 13.8. The molecule has 2 aromatic carbocycles. The van der Waals surface area contributed by atoms with Crippen LogP contribution in [0.15, 0.2) is 53.9 Å². The number of sulfonamides is 1. The molecule has 0 aliphatic carbocycles. The number of nitrogens with zero attached hydrogens (tertiary/aromatic N) is 4. The molecule has 3 atom stereocenters. The van der Waals surface area contributed by atoms with Gasteiger partial charge in [-0.25, -0.2) is 4.98 Å². The number of aliphatic hydroxyl groups is 1. The Bertz CT molecular complexity index is 1540. The number of aliphatic hydroxyl groups excluding tert-OH is 1. The van der Waals surface area contributed by atoms with Gasteiger partial charge in [0.15, 0.2) is 16.5 Å². The zero-order valence-electron chi connectivity index (χ0n) is 24.2. The van der Waals surface area contributed by atoms with Crippen LogP contribution < -0.4 is 18.9 Å². The highest BCUT2D eigenvalue weighted by Crippen LogP contribution is 2.33. The van der Waals surface area contributed by atoms with E-state index in [-0.39, 0.29) is 48.8 Å². The fourth-order valence-electron chi connectivity index (χ4n) is 5.17. The van der Waals surface area contributed by atoms with Crippen LogP contribution in [0.2, 0.25) is 0 Å². The highest BCUT2D eigenvalue weighted by atomic mass is 32.2. The number of rotatable bonds is 9. The Morgan fingerprint density at radius 2 is 1.93 bits per heavy atom. The number of hydrogen-bond acceptors (Lipinski definition) is 9. The lowest BCUT2D eigenvalue weighted by molar-refractivity contribution is -0.134. The van der Waals surface area contributed by atoms with Crippen LogP contribution >= 0.6 is 0 Å². The third-order valence-electron chi connectivity index (χ3n) is 7.51. The van der Waals surface area contributed by atoms with Gasteiger partial charge < -0.3 is 28.8 Å². The van der Waals surface area contributed by atoms with Crippen LogP contribution in [0.3, 0.4) is 0 Å². The molecule has 1 aromatic heterocycles. The van der Waals surface area contributed by atoms with Crippen LogP contribution in [-0.2, 0) is 34.8 Å². The summed E-state index contributed by atoms with van der Waals surface area (Å²) < 4.78 is 47.4. The Kier molecular flexibility index (Phi) is 8.62. The lowest BCUT2D eigenvalue weighted by Crippen LogP contribution is -2.47. The lowest BCUT2D eigenvalue weighted by Gasteiger charge is -2.34. The monoisotopic (exact) mass is 599 g/mol. The van der Waals surface area contributed by atoms with Gasteiger partial charge >= 0.3 is 0 Å². The molecule has 2 aliphatic rings. The van der Waals surface area contributed by atoms with Gasteiger partial charge in [0, 0.05) is 50.0 Å². The van der Waals surface area contributed by atoms with Gasteiger partial charge in [0.2, 0.25) is 12.7 Å². The lowest BCUT2D eigenvalue weighted by atomic mass is 10.0. The average Bonchev–Trinajstić information content (AvgIpc) is 3.61. The van der Waals surface area contributed by atoms with Gasteiger partial charge in [0.1, 0.15) is 11.9 Å². The highest BCUT2D eigenvalue weighted by Gasteiger charge is 2.31. The molecule has 0 unspecified atom stereocenters. The second kappa shape index (κ2) is 12.2. The molecule has 1 amide bonds. The van der Waals surface area contributed by atoms with E-state index in [1.54, 1.807) is 34.7 Å². The SMILES string of the molecule is C[C@H](CO)N1C[C@H](C)[C@@H](CN(C)Cc2ccc3c(c2)OCO3)Oc2ccc(NS(=O)(=O)c3cn(C)cn3)cc2CC1=O. The van der Waals surface area contributed by atoms with Crippen molar-refractivity contribution in [1.29, 1.82) is 0 Å². The molecule has 42 heavy (non-hydrogen) atoms. The first kappa shape index (κ1) is 29.7. The van der Waals surface area contributed by atoms with Crippen molar-refractivity contribution < 1.29 is 32.5 Å². The normalized spacial score (nSPS) is 19.5. The fourth-order valence-corrected chi connectivity index (χ4v) is 6.20. The number of aromatic nitrogens is 2. The summed E-state index contributed by atoms with van der Waals surface area (Å²) in [7, 11) is -0.238. The summed E-state index contributed by atoms with van der Waals surface area (Å²) in [4.78, 5) is 21.3. The molecule has 0 fully saturated rings. The molecule has 0 saturated heterocycles. The van der Waals surface area contributed by atoms with Gasteiger partial charge in [0.05, 0.1) is 25.4 Å². The maximum Gasteiger partial charge on any atom is 0.280 e. The summed E-state index contributed by atoms with van der Waals surface area (Å²) in [6.45, 7) is 5.47. The third kappa shape index (κ3) is 6.63. The number of ether oxygens (including phenoxy) is 3. The number of likely N-dealkylation sites (N-methyl/N-ethyl adjacent to an activating group) is 1. The van der Waals surface area contributed by atoms with Crippen molar-refractivity contribution in [1.82, 2.24) is 19.4 Å². The highest BCUT2D eigenvalue weighted by molar-refractivity contribution is 7.92. The van der Waals surface area contributed by atoms with Crippen molar-refractivity contribution in [2.45, 2.75) is 44.0 Å². The van der Waals surface area contributed by atoms with Crippen LogP contribution in [-0.4, -0.2) is 84.5 Å². The Morgan fingerprint density at radius 3 is 2.67 bits per heavy atom. The maximum absolute atomic E-state index is 13.5. The van der Waals surface area contributed by atoms with Gasteiger partial charge in [-0.1, -0.05) is 13.0 Å². The van der Waals surface area contributed by atoms with Crippen LogP contribution in [0.4, 0.5) is 5.69 Å². The predicted molar refractivity (Wildman–Crippen MR) is 155 cm³/mol. The van der Waals surface area contributed by atoms with Gasteiger partial charge in [-0.2, -0.15) is 8.42 Å². The quantitative estimate of drug-likeness (QED) is 0.380. The second-order valence-electron chi connectivity index (χ2n) is 11.1. The molecule has 0 saturated carbocycles. The Balaban J connectivity index is 1.40. The maximum atomic E-state index is 13.5. The number of nitrogens with one attached hydrogen (secondary N) is 1. The van der Waals surface area contributed by atoms with E-state index >= 15 is 0 Å². The predicted octanol–water partition coefficient (Wildman–Crippen LogP) is 2.23. The molecule has 0 radical (unpaired) electrons. The molecule has 13 heteroatoms. The van der Waals surface area contributed by atoms with Crippen molar-refractivity contribution in [3.63, 3.8) is 0 Å². The topological polar surface area (TPSA) is 135 Å². The fraction of sp³-hybridized carbons (Fsp3) is 0.448. The van der Waals surface area contributed by atoms with Crippen molar-refractivity contribution in [3.8, 4) is 17.2 Å². The van der Waals surface area contributed by atoms with Crippen LogP contribution in [0, 0.1) is 5.92 Å². The van der Waals surface area contributed by atoms with E-state index in [0.717, 1.165) is 17.1 Å². The van der Waals surface area contributed by atoms with Crippen molar-refractivity contribution in [2.75, 3.05) is 38.3 Å². The number of aryl methyl sites for hydroxylation is 1. The third-order valence-corrected chi connectivity index (χ3v) is 8.77. The molecule has 0 spiro atoms. The summed E-state index contributed by atoms with van der Waals surface area (Å²) in [6.07, 6.45) is 2.50. The molecular formula is C29H37N5O7S. The van der Waals surface area contributed by atoms with Gasteiger partial charge in [-0.05, 0) is 49.9 Å². The molecule has 5 rings (SSSR count). The van der Waals surface area contributed by atoms with Crippen molar-refractivity contribution in [3.05, 3.63) is 60.0 Å². The molecule has 3 heterocycles. The van der Waals surface area contributed by atoms with Gasteiger partial charge in [-0.3, -0.25) is 14.4 Å². The standard InChI is InChI=1S/C29H37N5O7S/c1-19-12-34(20(2)16-35)29(36)11-22-10-23(31-42(37,38)28-15-33(4)17-30-28)6-8-24(22)41-27(19)14-32(3)13-21-5-7-25-26(9-21)40-18-39-25/h5-10,15,17,19-20,27,31,35H,11-14,16,18H2,1-4H3/t19-,20+,27+/m0/s1. The summed E-state index contributed by atoms with van der Waals surface area (Å²) in [6, 6.07) is 10.4. The molecule has 2 aliphatic heterocycles. The zero-order chi connectivity index (χ0) is 30.0. The first-order valence-corrected chi connectivity index (χ1v) is 15.3. The number of carbonyl (C=O) groups is 1. The van der Waals surface area contributed by atoms with Gasteiger partial charge in [-0.15, -0.1) is 0 Å². The van der Waals surface area contributed by atoms with Crippen LogP contribution in [0.25, 0.3) is 0 Å². The van der Waals surface area contributed by atoms with E-state index in [1.165, 1.54) is 12.5 Å². The van der Waals surface area contributed by atoms with Crippen LogP contribution in [0.1, 0.15) is 25.0 Å². The number of hydrogen-bond donors (Lipinski definition) is 2. The zero-order valence-corrected chi connectivity index (χ0v) is 25.0. The number of benzene rings is 2. The van der Waals surface area contributed by atoms with Crippen molar-refractivity contribution >= 4 is 21.6 Å². The van der Waals surface area contributed by atoms with E-state index in [4.69, 9.17) is 14.2 Å². The Morgan fingerprint density at radius 1 is 1.17 bits per heavy atom. The Labute approximate surface area is 245 Å². The van der Waals surface area contributed by atoms with Crippen LogP contribution in [0.5, 0.6) is 17.2 Å². The summed E-state index contributed by atoms with van der Waals surface area (Å²) in [5.74, 6) is 1.72. The number of amides is 1. The molecule has 2 N–H and O–H groups in total. The van der Waals surface area contributed by atoms with E-state index < -0.39 is 10.0 Å². The van der Waals surface area contributed by atoms with E-state index in [9.17, 15) is 18.3 Å². The Hall–Kier alpha value is -3.81. The molecule has 12 nitrogen and oxygen atoms in total. The average molecular weight is 600 g/mol. The first-order chi connectivity index (χ1) is 20.0. The summed E-state index contributed by atoms with van der Waals surface area (Å²) >= 11 is 0. The van der Waals surface area contributed by atoms with E-state index in [1.807, 2.05) is 39.1 Å². The second-order valence-corrected chi connectivity index (χ2v) is 12.7. The molecule has 226 valence electrons. The number of fused-ring (bicyclic) bond motifs is 2. The number of anilines is 1. The van der Waals surface area contributed by atoms with E-state index in [2.05, 4.69) is 14.6 Å². The molecule has 0 bridgehead atoms. The largest absolute Gasteiger partial charge is 0.488 e. The van der Waals surface area contributed by atoms with Crippen molar-refractivity contribution in [2.24, 2.45) is 13.0 Å². The molecule has 3 aromatic rings. The van der Waals surface area contributed by atoms with Gasteiger partial charge in [0.25, 0.3) is 10.0 Å². The molecular weight excluding hydrogens is 562 g/mol. The van der Waals surface area contributed by atoms with E-state index in [0.29, 0.717) is 36.6 Å². The smallest absolute Gasteiger partial charge is 0.280 e. The number of carbonyl (C=O) groups excluding carboxylic acids is 1.